The average molecular weight is 214 g/mol. The van der Waals surface area contributed by atoms with Gasteiger partial charge in [0.2, 0.25) is 0 Å². The SMILES string of the molecule is CCCCC(CC)COCCC(C)(C)C. The van der Waals surface area contributed by atoms with Gasteiger partial charge in [-0.2, -0.15) is 0 Å². The Balaban J connectivity index is 3.46. The minimum atomic E-state index is 0.408. The van der Waals surface area contributed by atoms with Crippen molar-refractivity contribution >= 4 is 0 Å². The Kier molecular flexibility index (Phi) is 8.13. The highest BCUT2D eigenvalue weighted by Gasteiger charge is 2.10. The molecular weight excluding hydrogens is 184 g/mol. The first-order valence-electron chi connectivity index (χ1n) is 6.57. The second-order valence-corrected chi connectivity index (χ2v) is 5.80. The van der Waals surface area contributed by atoms with Crippen LogP contribution in [0.15, 0.2) is 0 Å². The minimum absolute atomic E-state index is 0.408. The lowest BCUT2D eigenvalue weighted by molar-refractivity contribution is 0.0753. The maximum absolute atomic E-state index is 5.76. The molecule has 1 unspecified atom stereocenters. The maximum Gasteiger partial charge on any atom is 0.0494 e. The smallest absolute Gasteiger partial charge is 0.0494 e. The Morgan fingerprint density at radius 3 is 2.27 bits per heavy atom. The van der Waals surface area contributed by atoms with E-state index in [-0.39, 0.29) is 0 Å². The molecule has 1 heteroatoms. The lowest BCUT2D eigenvalue weighted by Gasteiger charge is -2.19. The average Bonchev–Trinajstić information content (AvgIpc) is 2.15. The van der Waals surface area contributed by atoms with Crippen molar-refractivity contribution in [3.8, 4) is 0 Å². The topological polar surface area (TPSA) is 9.23 Å². The summed E-state index contributed by atoms with van der Waals surface area (Å²) in [5.41, 5.74) is 0.408. The van der Waals surface area contributed by atoms with Crippen LogP contribution in [0.3, 0.4) is 0 Å². The van der Waals surface area contributed by atoms with Gasteiger partial charge in [-0.15, -0.1) is 0 Å². The number of rotatable bonds is 8. The predicted octanol–water partition coefficient (Wildman–Crippen LogP) is 4.66. The zero-order valence-corrected chi connectivity index (χ0v) is 11.4. The molecule has 0 spiro atoms. The van der Waals surface area contributed by atoms with Crippen molar-refractivity contribution in [1.29, 1.82) is 0 Å². The second kappa shape index (κ2) is 8.15. The van der Waals surface area contributed by atoms with Crippen molar-refractivity contribution in [2.75, 3.05) is 13.2 Å². The summed E-state index contributed by atoms with van der Waals surface area (Å²) in [6.07, 6.45) is 6.41. The highest BCUT2D eigenvalue weighted by Crippen LogP contribution is 2.19. The summed E-state index contributed by atoms with van der Waals surface area (Å²) in [7, 11) is 0. The molecule has 0 heterocycles. The molecule has 0 radical (unpaired) electrons. The molecule has 0 saturated carbocycles. The van der Waals surface area contributed by atoms with Gasteiger partial charge in [0.05, 0.1) is 0 Å². The van der Waals surface area contributed by atoms with Crippen LogP contribution in [0.2, 0.25) is 0 Å². The number of hydrogen-bond acceptors (Lipinski definition) is 1. The zero-order chi connectivity index (χ0) is 11.7. The van der Waals surface area contributed by atoms with E-state index in [1.807, 2.05) is 0 Å². The van der Waals surface area contributed by atoms with Gasteiger partial charge in [0, 0.05) is 13.2 Å². The highest BCUT2D eigenvalue weighted by molar-refractivity contribution is 4.61. The van der Waals surface area contributed by atoms with E-state index in [9.17, 15) is 0 Å². The van der Waals surface area contributed by atoms with Crippen LogP contribution in [-0.2, 0) is 4.74 Å². The lowest BCUT2D eigenvalue weighted by Crippen LogP contribution is -2.14. The second-order valence-electron chi connectivity index (χ2n) is 5.80. The number of unbranched alkanes of at least 4 members (excludes halogenated alkanes) is 1. The Hall–Kier alpha value is -0.0400. The van der Waals surface area contributed by atoms with E-state index in [0.29, 0.717) is 5.41 Å². The lowest BCUT2D eigenvalue weighted by atomic mass is 9.93. The molecular formula is C14H30O. The first-order chi connectivity index (χ1) is 6.99. The Labute approximate surface area is 96.6 Å². The summed E-state index contributed by atoms with van der Waals surface area (Å²) in [5, 5.41) is 0. The maximum atomic E-state index is 5.76. The van der Waals surface area contributed by atoms with Gasteiger partial charge in [-0.25, -0.2) is 0 Å². The van der Waals surface area contributed by atoms with Crippen molar-refractivity contribution in [2.24, 2.45) is 11.3 Å². The largest absolute Gasteiger partial charge is 0.381 e. The third-order valence-electron chi connectivity index (χ3n) is 2.89. The van der Waals surface area contributed by atoms with E-state index in [0.717, 1.165) is 25.6 Å². The van der Waals surface area contributed by atoms with E-state index in [1.165, 1.54) is 25.7 Å². The van der Waals surface area contributed by atoms with Crippen LogP contribution in [0, 0.1) is 11.3 Å². The van der Waals surface area contributed by atoms with Crippen molar-refractivity contribution in [3.63, 3.8) is 0 Å². The number of hydrogen-bond donors (Lipinski definition) is 0. The predicted molar refractivity (Wildman–Crippen MR) is 68.2 cm³/mol. The third kappa shape index (κ3) is 10.2. The molecule has 1 nitrogen and oxygen atoms in total. The standard InChI is InChI=1S/C14H30O/c1-6-8-9-13(7-2)12-15-11-10-14(3,4)5/h13H,6-12H2,1-5H3. The van der Waals surface area contributed by atoms with E-state index in [2.05, 4.69) is 34.6 Å². The fourth-order valence-electron chi connectivity index (χ4n) is 1.53. The summed E-state index contributed by atoms with van der Waals surface area (Å²) in [6.45, 7) is 13.2. The molecule has 0 aliphatic carbocycles. The fraction of sp³-hybridized carbons (Fsp3) is 1.00. The van der Waals surface area contributed by atoms with E-state index < -0.39 is 0 Å². The highest BCUT2D eigenvalue weighted by atomic mass is 16.5. The van der Waals surface area contributed by atoms with Crippen LogP contribution in [0.25, 0.3) is 0 Å². The summed E-state index contributed by atoms with van der Waals surface area (Å²) < 4.78 is 5.76. The van der Waals surface area contributed by atoms with Crippen molar-refractivity contribution < 1.29 is 4.74 Å². The molecule has 0 N–H and O–H groups in total. The van der Waals surface area contributed by atoms with Gasteiger partial charge in [0.1, 0.15) is 0 Å². The van der Waals surface area contributed by atoms with Crippen LogP contribution in [0.5, 0.6) is 0 Å². The fourth-order valence-corrected chi connectivity index (χ4v) is 1.53. The first-order valence-corrected chi connectivity index (χ1v) is 6.57. The quantitative estimate of drug-likeness (QED) is 0.534. The minimum Gasteiger partial charge on any atom is -0.381 e. The summed E-state index contributed by atoms with van der Waals surface area (Å²) in [5.74, 6) is 0.782. The molecule has 0 rings (SSSR count). The van der Waals surface area contributed by atoms with Gasteiger partial charge in [0.15, 0.2) is 0 Å². The van der Waals surface area contributed by atoms with E-state index in [4.69, 9.17) is 4.74 Å². The first kappa shape index (κ1) is 15.0. The molecule has 0 aliphatic heterocycles. The molecule has 0 aromatic rings. The van der Waals surface area contributed by atoms with Crippen molar-refractivity contribution in [1.82, 2.24) is 0 Å². The van der Waals surface area contributed by atoms with Gasteiger partial charge in [-0.05, 0) is 24.2 Å². The summed E-state index contributed by atoms with van der Waals surface area (Å²) in [4.78, 5) is 0. The van der Waals surface area contributed by atoms with Gasteiger partial charge in [-0.1, -0.05) is 53.9 Å². The van der Waals surface area contributed by atoms with Gasteiger partial charge < -0.3 is 4.74 Å². The van der Waals surface area contributed by atoms with Crippen LogP contribution in [0.4, 0.5) is 0 Å². The summed E-state index contributed by atoms with van der Waals surface area (Å²) in [6, 6.07) is 0. The van der Waals surface area contributed by atoms with Crippen molar-refractivity contribution in [3.05, 3.63) is 0 Å². The normalized spacial score (nSPS) is 14.2. The van der Waals surface area contributed by atoms with Gasteiger partial charge in [0.25, 0.3) is 0 Å². The Morgan fingerprint density at radius 1 is 1.13 bits per heavy atom. The monoisotopic (exact) mass is 214 g/mol. The van der Waals surface area contributed by atoms with Crippen LogP contribution in [0.1, 0.15) is 66.7 Å². The van der Waals surface area contributed by atoms with Crippen molar-refractivity contribution in [2.45, 2.75) is 66.7 Å². The molecule has 0 aliphatic rings. The molecule has 92 valence electrons. The molecule has 0 saturated heterocycles. The Morgan fingerprint density at radius 2 is 1.80 bits per heavy atom. The molecule has 1 atom stereocenters. The number of ether oxygens (including phenoxy) is 1. The molecule has 0 bridgehead atoms. The zero-order valence-electron chi connectivity index (χ0n) is 11.4. The molecule has 0 fully saturated rings. The van der Waals surface area contributed by atoms with E-state index >= 15 is 0 Å². The molecule has 15 heavy (non-hydrogen) atoms. The van der Waals surface area contributed by atoms with Gasteiger partial charge >= 0.3 is 0 Å². The summed E-state index contributed by atoms with van der Waals surface area (Å²) >= 11 is 0. The molecule has 0 aromatic heterocycles. The molecule has 0 amide bonds. The van der Waals surface area contributed by atoms with Gasteiger partial charge in [-0.3, -0.25) is 0 Å². The Bertz CT molecular complexity index is 135. The van der Waals surface area contributed by atoms with Crippen LogP contribution >= 0.6 is 0 Å². The van der Waals surface area contributed by atoms with Crippen LogP contribution < -0.4 is 0 Å². The molecule has 0 aromatic carbocycles. The van der Waals surface area contributed by atoms with E-state index in [1.54, 1.807) is 0 Å². The third-order valence-corrected chi connectivity index (χ3v) is 2.89. The van der Waals surface area contributed by atoms with Crippen LogP contribution in [-0.4, -0.2) is 13.2 Å².